The predicted molar refractivity (Wildman–Crippen MR) is 452 cm³/mol. The van der Waals surface area contributed by atoms with Crippen LogP contribution >= 0.6 is 11.6 Å². The highest BCUT2D eigenvalue weighted by Gasteiger charge is 2.33. The number of halogens is 1. The molecule has 624 valence electrons. The highest BCUT2D eigenvalue weighted by Crippen LogP contribution is 2.36. The van der Waals surface area contributed by atoms with E-state index in [9.17, 15) is 38.4 Å². The summed E-state index contributed by atoms with van der Waals surface area (Å²) in [5, 5.41) is 44.3. The van der Waals surface area contributed by atoms with Crippen molar-refractivity contribution in [3.8, 4) is 23.6 Å². The van der Waals surface area contributed by atoms with Crippen LogP contribution in [0.25, 0.3) is 86.8 Å². The van der Waals surface area contributed by atoms with Crippen LogP contribution in [0, 0.1) is 6.92 Å². The molecule has 8 amide bonds. The van der Waals surface area contributed by atoms with Gasteiger partial charge in [0.1, 0.15) is 43.0 Å². The molecule has 5 aliphatic heterocycles. The molecule has 4 saturated carbocycles. The zero-order valence-corrected chi connectivity index (χ0v) is 67.0. The van der Waals surface area contributed by atoms with Gasteiger partial charge in [-0.05, 0) is 157 Å². The number of carbonyl (C=O) groups excluding carboxylic acids is 8. The maximum atomic E-state index is 12.1. The Kier molecular flexibility index (Phi) is 20.1. The van der Waals surface area contributed by atoms with Crippen LogP contribution in [0.5, 0.6) is 5.75 Å². The number of anilines is 6. The van der Waals surface area contributed by atoms with Gasteiger partial charge in [-0.25, -0.2) is 19.9 Å². The number of aryl methyl sites for hydroxylation is 1. The molecule has 9 fully saturated rings. The summed E-state index contributed by atoms with van der Waals surface area (Å²) < 4.78 is 17.9. The van der Waals surface area contributed by atoms with Gasteiger partial charge in [-0.15, -0.1) is 0 Å². The van der Waals surface area contributed by atoms with E-state index < -0.39 is 0 Å². The number of likely N-dealkylation sites (tertiary alicyclic amines) is 1. The second kappa shape index (κ2) is 32.3. The molecule has 0 atom stereocenters. The Bertz CT molecular complexity index is 6880. The lowest BCUT2D eigenvalue weighted by Crippen LogP contribution is -2.25. The molecule has 4 aliphatic carbocycles. The quantitative estimate of drug-likeness (QED) is 0.0254. The van der Waals surface area contributed by atoms with E-state index in [0.717, 1.165) is 110 Å². The number of hydrogen-bond donors (Lipinski definition) is 9. The summed E-state index contributed by atoms with van der Waals surface area (Å²) in [4.78, 5) is 142. The topological polar surface area (TPSA) is 470 Å². The first-order valence-electron chi connectivity index (χ1n) is 40.6. The van der Waals surface area contributed by atoms with Gasteiger partial charge in [0, 0.05) is 99.4 Å². The summed E-state index contributed by atoms with van der Waals surface area (Å²) in [7, 11) is 0. The van der Waals surface area contributed by atoms with Crippen LogP contribution in [0.3, 0.4) is 0 Å². The van der Waals surface area contributed by atoms with Gasteiger partial charge in [0.25, 0.3) is 23.6 Å². The predicted octanol–water partition coefficient (Wildman–Crippen LogP) is 7.16. The number of nitrogens with one attached hydrogen (secondary N) is 9. The van der Waals surface area contributed by atoms with Gasteiger partial charge in [-0.1, -0.05) is 29.8 Å². The Hall–Kier alpha value is -15.4. The summed E-state index contributed by atoms with van der Waals surface area (Å²) in [6, 6.07) is 22.8. The van der Waals surface area contributed by atoms with Crippen molar-refractivity contribution < 1.29 is 43.1 Å². The normalized spacial score (nSPS) is 18.4. The number of ether oxygens (including phenoxy) is 1. The standard InChI is InChI=1S/C26H28ClN7O3.C21H18N8O2.C20H16N8O2.C16H14N8O2/c27-20-13-19(5-6-21(20)37-10-9-33-7-1-2-8-33)29-22-14-23(30-18-3-4-18)34-25(31-22)17(15-28-34)11-16-12-24(35)32-26(16)36;1-11-2-5-16-15(6-11)22-10-28(16)20-26-18-13(7-12-8-17(30)25-19(12)31)9-23-29(18)21(27-20)24-14-3-4-14;29-16-8-11(18(30)24-16)7-12-9-22-28-17(12)25-19(26-20(28)23-13-5-6-13)27-10-21-14-3-1-2-4-15(14)27;25-12-6-9(14(26)20-12)5-10-7-18-24-13(10)21-15(23-4-3-17-8-23)22-16(24)19-11-1-2-11/h5-6,11,13-15,18,30H,1-4,7-10,12H2,(H,29,31)(H,32,35,36);2,5-7,9-10,14H,3-4,8H2,1H3,(H,24,26,27)(H,25,30,31);1-4,7,9-10,13H,5-6,8H2,(H,23,25,26)(H,24,29,30);3-5,7-8,11H,1-2,6H2,(H,19,21,22)(H,20,25,26)/b16-11+;12-7+;11-7+;9-5+. The Labute approximate surface area is 706 Å². The molecule has 0 bridgehead atoms. The van der Waals surface area contributed by atoms with Gasteiger partial charge in [-0.3, -0.25) is 78.2 Å². The number of carbonyl (C=O) groups is 8. The van der Waals surface area contributed by atoms with Gasteiger partial charge in [0.05, 0.1) is 77.6 Å². The highest BCUT2D eigenvalue weighted by molar-refractivity contribution is 6.32. The van der Waals surface area contributed by atoms with Gasteiger partial charge >= 0.3 is 0 Å². The van der Waals surface area contributed by atoms with E-state index in [1.807, 2.05) is 82.8 Å². The van der Waals surface area contributed by atoms with Crippen LogP contribution in [0.15, 0.2) is 145 Å². The SMILES string of the molecule is Cc1ccc2c(c1)ncn2-c1nc(NC2CC2)n2ncc(/C=C3\CC(=O)NC3=O)c2n1.O=C1C/C(=C\c2cnn3c(NC4CC4)cc(Nc4ccc(OCCN5CCCC5)c(Cl)c4)nc23)C(=O)N1.O=C1C/C(=C\c2cnn3c(NC4CC4)nc(-n4ccnc4)nc23)C(=O)N1.O=C1C/C(=C\c2cnn3c(NC4CC4)nc(-n4cnc5ccccc54)nc23)C(=O)N1. The Morgan fingerprint density at radius 3 is 1.40 bits per heavy atom. The number of benzene rings is 3. The average Bonchev–Trinajstić information content (AvgIpc) is 1.62. The van der Waals surface area contributed by atoms with E-state index in [4.69, 9.17) is 41.3 Å². The summed E-state index contributed by atoms with van der Waals surface area (Å²) in [5.74, 6) is 2.38. The van der Waals surface area contributed by atoms with Crippen LogP contribution in [0.4, 0.5) is 35.2 Å². The summed E-state index contributed by atoms with van der Waals surface area (Å²) in [5.41, 5.74) is 11.7. The molecule has 9 aliphatic rings. The maximum absolute atomic E-state index is 12.1. The van der Waals surface area contributed by atoms with Crippen molar-refractivity contribution in [1.29, 1.82) is 0 Å². The summed E-state index contributed by atoms with van der Waals surface area (Å²) in [6.07, 6.45) is 33.0. The monoisotopic (exact) mass is 1690 g/mol. The maximum Gasteiger partial charge on any atom is 0.254 e. The van der Waals surface area contributed by atoms with Crippen molar-refractivity contribution in [3.63, 3.8) is 0 Å². The molecular formula is C83H76ClN31O9. The summed E-state index contributed by atoms with van der Waals surface area (Å²) in [6.45, 7) is 5.79. The number of fused-ring (bicyclic) bond motifs is 6. The second-order valence-electron chi connectivity index (χ2n) is 31.3. The van der Waals surface area contributed by atoms with E-state index in [-0.39, 0.29) is 72.9 Å². The van der Waals surface area contributed by atoms with E-state index in [1.165, 1.54) is 12.8 Å². The molecular weight excluding hydrogens is 1610 g/mol. The lowest BCUT2D eigenvalue weighted by Gasteiger charge is -2.16. The minimum Gasteiger partial charge on any atom is -0.491 e. The number of imide groups is 4. The largest absolute Gasteiger partial charge is 0.491 e. The number of hydrogen-bond acceptors (Lipinski definition) is 29. The van der Waals surface area contributed by atoms with Crippen molar-refractivity contribution in [3.05, 3.63) is 178 Å². The summed E-state index contributed by atoms with van der Waals surface area (Å²) >= 11 is 6.52. The Morgan fingerprint density at radius 2 is 0.927 bits per heavy atom. The van der Waals surface area contributed by atoms with Gasteiger partial charge < -0.3 is 31.3 Å². The molecule has 23 rings (SSSR count). The zero-order valence-electron chi connectivity index (χ0n) is 66.3. The van der Waals surface area contributed by atoms with Crippen LogP contribution in [-0.4, -0.2) is 205 Å². The molecule has 124 heavy (non-hydrogen) atoms. The molecule has 5 saturated heterocycles. The minimum atomic E-state index is -0.384. The highest BCUT2D eigenvalue weighted by atomic mass is 35.5. The number of rotatable bonds is 21. The Balaban J connectivity index is 0.000000105. The van der Waals surface area contributed by atoms with Crippen molar-refractivity contribution >= 4 is 163 Å². The van der Waals surface area contributed by atoms with Crippen LogP contribution < -0.4 is 52.6 Å². The van der Waals surface area contributed by atoms with Gasteiger partial charge in [0.15, 0.2) is 22.6 Å². The average molecular weight is 1690 g/mol. The molecule has 16 heterocycles. The lowest BCUT2D eigenvalue weighted by atomic mass is 10.1. The smallest absolute Gasteiger partial charge is 0.254 e. The van der Waals surface area contributed by atoms with Crippen molar-refractivity contribution in [2.75, 3.05) is 52.8 Å². The van der Waals surface area contributed by atoms with Gasteiger partial charge in [0.2, 0.25) is 59.3 Å². The fourth-order valence-corrected chi connectivity index (χ4v) is 14.9. The number of para-hydroxylation sites is 2. The van der Waals surface area contributed by atoms with E-state index >= 15 is 0 Å². The number of imidazole rings is 3. The molecule has 3 aromatic carbocycles. The van der Waals surface area contributed by atoms with Crippen molar-refractivity contribution in [2.24, 2.45) is 0 Å². The van der Waals surface area contributed by atoms with E-state index in [1.54, 1.807) is 103 Å². The number of nitrogens with zero attached hydrogens (tertiary/aromatic N) is 22. The zero-order chi connectivity index (χ0) is 84.4. The fourth-order valence-electron chi connectivity index (χ4n) is 14.6. The fraction of sp³-hybridized carbons (Fsp3) is 0.277. The first-order valence-corrected chi connectivity index (χ1v) is 41.0. The van der Waals surface area contributed by atoms with Crippen LogP contribution in [0.1, 0.15) is 118 Å². The van der Waals surface area contributed by atoms with Crippen LogP contribution in [-0.2, 0) is 38.4 Å². The Morgan fingerprint density at radius 1 is 0.476 bits per heavy atom. The molecule has 40 nitrogen and oxygen atoms in total. The van der Waals surface area contributed by atoms with Crippen LogP contribution in [0.2, 0.25) is 5.02 Å². The molecule has 14 aromatic rings. The first-order chi connectivity index (χ1) is 60.4. The van der Waals surface area contributed by atoms with Crippen molar-refractivity contribution in [2.45, 2.75) is 121 Å². The van der Waals surface area contributed by atoms with E-state index in [2.05, 4.69) is 98.1 Å². The third kappa shape index (κ3) is 16.6. The molecule has 0 radical (unpaired) electrons. The van der Waals surface area contributed by atoms with E-state index in [0.29, 0.717) is 150 Å². The first kappa shape index (κ1) is 77.3. The molecule has 41 heteroatoms. The minimum absolute atomic E-state index is 0.0479. The second-order valence-corrected chi connectivity index (χ2v) is 31.7. The number of aromatic nitrogens is 21. The molecule has 9 N–H and O–H groups in total. The molecule has 0 spiro atoms. The molecule has 0 unspecified atom stereocenters. The van der Waals surface area contributed by atoms with Crippen molar-refractivity contribution in [1.82, 2.24) is 128 Å². The lowest BCUT2D eigenvalue weighted by molar-refractivity contribution is -0.125. The number of amides is 8. The third-order valence-electron chi connectivity index (χ3n) is 21.6. The molecule has 11 aromatic heterocycles. The third-order valence-corrected chi connectivity index (χ3v) is 21.9. The van der Waals surface area contributed by atoms with Gasteiger partial charge in [-0.2, -0.15) is 68.4 Å².